The van der Waals surface area contributed by atoms with Gasteiger partial charge in [0.2, 0.25) is 5.91 Å². The molecule has 114 valence electrons. The number of amides is 1. The highest BCUT2D eigenvalue weighted by Gasteiger charge is 2.21. The molecule has 1 saturated heterocycles. The molecule has 0 radical (unpaired) electrons. The number of hydrogen-bond donors (Lipinski definition) is 1. The molecule has 1 aliphatic heterocycles. The molecular weight excluding hydrogens is 252 g/mol. The number of allylic oxidation sites excluding steroid dienone is 3. The second kappa shape index (κ2) is 9.72. The van der Waals surface area contributed by atoms with E-state index in [0.717, 1.165) is 32.7 Å². The van der Waals surface area contributed by atoms with Crippen LogP contribution in [0.25, 0.3) is 0 Å². The first kappa shape index (κ1) is 16.9. The largest absolute Gasteiger partial charge is 0.379 e. The Hall–Kier alpha value is -1.13. The summed E-state index contributed by atoms with van der Waals surface area (Å²) >= 11 is 0. The molecule has 1 heterocycles. The Morgan fingerprint density at radius 2 is 2.00 bits per heavy atom. The Labute approximate surface area is 122 Å². The lowest BCUT2D eigenvalue weighted by Crippen LogP contribution is -2.49. The minimum Gasteiger partial charge on any atom is -0.379 e. The van der Waals surface area contributed by atoms with Crippen molar-refractivity contribution in [3.05, 3.63) is 24.3 Å². The Bertz CT molecular complexity index is 331. The number of ether oxygens (including phenoxy) is 1. The maximum Gasteiger partial charge on any atom is 0.244 e. The normalized spacial score (nSPS) is 19.0. The van der Waals surface area contributed by atoms with E-state index >= 15 is 0 Å². The van der Waals surface area contributed by atoms with Crippen LogP contribution in [0.3, 0.4) is 0 Å². The fourth-order valence-corrected chi connectivity index (χ4v) is 2.38. The van der Waals surface area contributed by atoms with Crippen molar-refractivity contribution in [3.8, 4) is 0 Å². The summed E-state index contributed by atoms with van der Waals surface area (Å²) in [6.07, 6.45) is 8.19. The molecule has 0 bridgehead atoms. The van der Waals surface area contributed by atoms with Crippen LogP contribution in [0.2, 0.25) is 0 Å². The molecular formula is C16H28N2O2. The van der Waals surface area contributed by atoms with Crippen LogP contribution in [-0.2, 0) is 9.53 Å². The van der Waals surface area contributed by atoms with Gasteiger partial charge in [0.1, 0.15) is 0 Å². The van der Waals surface area contributed by atoms with Gasteiger partial charge in [-0.05, 0) is 19.3 Å². The molecule has 4 heteroatoms. The summed E-state index contributed by atoms with van der Waals surface area (Å²) < 4.78 is 5.40. The summed E-state index contributed by atoms with van der Waals surface area (Å²) in [5.74, 6) is 0.600. The van der Waals surface area contributed by atoms with E-state index < -0.39 is 0 Å². The quantitative estimate of drug-likeness (QED) is 0.573. The van der Waals surface area contributed by atoms with Gasteiger partial charge in [0.05, 0.1) is 13.2 Å². The van der Waals surface area contributed by atoms with Crippen molar-refractivity contribution < 1.29 is 9.53 Å². The molecule has 1 unspecified atom stereocenters. The number of nitrogens with zero attached hydrogens (tertiary/aromatic N) is 1. The van der Waals surface area contributed by atoms with Crippen molar-refractivity contribution in [1.82, 2.24) is 10.2 Å². The molecule has 1 amide bonds. The van der Waals surface area contributed by atoms with Crippen LogP contribution in [0.15, 0.2) is 24.3 Å². The third-order valence-electron chi connectivity index (χ3n) is 3.37. The van der Waals surface area contributed by atoms with E-state index in [2.05, 4.69) is 24.1 Å². The number of rotatable bonds is 7. The second-order valence-electron chi connectivity index (χ2n) is 5.56. The summed E-state index contributed by atoms with van der Waals surface area (Å²) in [4.78, 5) is 14.1. The molecule has 1 fully saturated rings. The fourth-order valence-electron chi connectivity index (χ4n) is 2.38. The van der Waals surface area contributed by atoms with Gasteiger partial charge in [0.25, 0.3) is 0 Å². The molecule has 20 heavy (non-hydrogen) atoms. The number of carbonyl (C=O) groups is 1. The Morgan fingerprint density at radius 3 is 2.60 bits per heavy atom. The van der Waals surface area contributed by atoms with Crippen molar-refractivity contribution in [2.24, 2.45) is 5.92 Å². The van der Waals surface area contributed by atoms with Gasteiger partial charge in [-0.1, -0.05) is 32.1 Å². The van der Waals surface area contributed by atoms with Gasteiger partial charge in [-0.2, -0.15) is 0 Å². The van der Waals surface area contributed by atoms with Gasteiger partial charge in [-0.3, -0.25) is 9.69 Å². The lowest BCUT2D eigenvalue weighted by atomic mass is 10.0. The third-order valence-corrected chi connectivity index (χ3v) is 3.37. The smallest absolute Gasteiger partial charge is 0.244 e. The van der Waals surface area contributed by atoms with Gasteiger partial charge in [0, 0.05) is 31.8 Å². The maximum absolute atomic E-state index is 11.7. The molecule has 1 N–H and O–H groups in total. The topological polar surface area (TPSA) is 41.6 Å². The Kier molecular flexibility index (Phi) is 8.23. The van der Waals surface area contributed by atoms with E-state index in [0.29, 0.717) is 18.5 Å². The van der Waals surface area contributed by atoms with E-state index in [1.54, 1.807) is 12.2 Å². The average Bonchev–Trinajstić information content (AvgIpc) is 2.44. The van der Waals surface area contributed by atoms with Gasteiger partial charge in [0.15, 0.2) is 0 Å². The molecule has 0 aromatic heterocycles. The molecule has 0 spiro atoms. The summed E-state index contributed by atoms with van der Waals surface area (Å²) in [5, 5.41) is 3.00. The van der Waals surface area contributed by atoms with Crippen molar-refractivity contribution >= 4 is 5.91 Å². The van der Waals surface area contributed by atoms with Gasteiger partial charge >= 0.3 is 0 Å². The van der Waals surface area contributed by atoms with Crippen molar-refractivity contribution in [3.63, 3.8) is 0 Å². The van der Waals surface area contributed by atoms with Crippen molar-refractivity contribution in [2.75, 3.05) is 32.8 Å². The number of nitrogens with one attached hydrogen (secondary N) is 1. The summed E-state index contributed by atoms with van der Waals surface area (Å²) in [6, 6.07) is 0.401. The highest BCUT2D eigenvalue weighted by molar-refractivity contribution is 5.87. The maximum atomic E-state index is 11.7. The van der Waals surface area contributed by atoms with Crippen LogP contribution < -0.4 is 5.32 Å². The number of morpholine rings is 1. The molecule has 0 aromatic carbocycles. The van der Waals surface area contributed by atoms with E-state index in [4.69, 9.17) is 4.74 Å². The molecule has 1 rings (SSSR count). The standard InChI is InChI=1S/C16H28N2O2/c1-4-5-6-7-16(19)17-13-15(12-14(2)3)18-8-10-20-11-9-18/h4-7,14-15H,8-13H2,1-3H3,(H,17,19)/b5-4+,7-6+. The monoisotopic (exact) mass is 280 g/mol. The van der Waals surface area contributed by atoms with E-state index in [9.17, 15) is 4.79 Å². The summed E-state index contributed by atoms with van der Waals surface area (Å²) in [6.45, 7) is 10.6. The van der Waals surface area contributed by atoms with E-state index in [1.807, 2.05) is 19.1 Å². The summed E-state index contributed by atoms with van der Waals surface area (Å²) in [5.41, 5.74) is 0. The van der Waals surface area contributed by atoms with Crippen LogP contribution in [-0.4, -0.2) is 49.7 Å². The predicted octanol–water partition coefficient (Wildman–Crippen LogP) is 1.98. The first-order valence-corrected chi connectivity index (χ1v) is 7.52. The predicted molar refractivity (Wildman–Crippen MR) is 82.6 cm³/mol. The third kappa shape index (κ3) is 6.87. The minimum absolute atomic E-state index is 0.0230. The fraction of sp³-hybridized carbons (Fsp3) is 0.688. The first-order valence-electron chi connectivity index (χ1n) is 7.52. The van der Waals surface area contributed by atoms with Gasteiger partial charge in [-0.15, -0.1) is 0 Å². The zero-order chi connectivity index (χ0) is 14.8. The highest BCUT2D eigenvalue weighted by Crippen LogP contribution is 2.12. The molecule has 4 nitrogen and oxygen atoms in total. The molecule has 0 saturated carbocycles. The zero-order valence-corrected chi connectivity index (χ0v) is 13.0. The van der Waals surface area contributed by atoms with Gasteiger partial charge < -0.3 is 10.1 Å². The minimum atomic E-state index is -0.0230. The van der Waals surface area contributed by atoms with Crippen molar-refractivity contribution in [2.45, 2.75) is 33.2 Å². The van der Waals surface area contributed by atoms with Crippen LogP contribution in [0.4, 0.5) is 0 Å². The molecule has 0 aromatic rings. The van der Waals surface area contributed by atoms with Crippen LogP contribution in [0, 0.1) is 5.92 Å². The first-order chi connectivity index (χ1) is 9.63. The van der Waals surface area contributed by atoms with Crippen molar-refractivity contribution in [1.29, 1.82) is 0 Å². The lowest BCUT2D eigenvalue weighted by Gasteiger charge is -2.35. The average molecular weight is 280 g/mol. The highest BCUT2D eigenvalue weighted by atomic mass is 16.5. The van der Waals surface area contributed by atoms with E-state index in [1.165, 1.54) is 0 Å². The van der Waals surface area contributed by atoms with Crippen LogP contribution in [0.1, 0.15) is 27.2 Å². The molecule has 1 atom stereocenters. The molecule has 1 aliphatic rings. The van der Waals surface area contributed by atoms with Gasteiger partial charge in [-0.25, -0.2) is 0 Å². The zero-order valence-electron chi connectivity index (χ0n) is 13.0. The van der Waals surface area contributed by atoms with E-state index in [-0.39, 0.29) is 5.91 Å². The lowest BCUT2D eigenvalue weighted by molar-refractivity contribution is -0.116. The SMILES string of the molecule is C/C=C/C=C/C(=O)NCC(CC(C)C)N1CCOCC1. The molecule has 0 aliphatic carbocycles. The second-order valence-corrected chi connectivity index (χ2v) is 5.56. The van der Waals surface area contributed by atoms with Crippen LogP contribution >= 0.6 is 0 Å². The Balaban J connectivity index is 2.45. The number of carbonyl (C=O) groups excluding carboxylic acids is 1. The summed E-state index contributed by atoms with van der Waals surface area (Å²) in [7, 11) is 0. The Morgan fingerprint density at radius 1 is 1.30 bits per heavy atom. The van der Waals surface area contributed by atoms with Crippen LogP contribution in [0.5, 0.6) is 0 Å². The number of hydrogen-bond acceptors (Lipinski definition) is 3.